The molecule has 0 radical (unpaired) electrons. The van der Waals surface area contributed by atoms with Crippen molar-refractivity contribution in [2.75, 3.05) is 13.1 Å². The Morgan fingerprint density at radius 2 is 1.81 bits per heavy atom. The fourth-order valence-corrected chi connectivity index (χ4v) is 3.40. The molecule has 0 atom stereocenters. The predicted molar refractivity (Wildman–Crippen MR) is 109 cm³/mol. The highest BCUT2D eigenvalue weighted by Crippen LogP contribution is 2.20. The van der Waals surface area contributed by atoms with E-state index in [1.165, 1.54) is 5.56 Å². The van der Waals surface area contributed by atoms with Crippen LogP contribution in [0.3, 0.4) is 0 Å². The Labute approximate surface area is 167 Å². The summed E-state index contributed by atoms with van der Waals surface area (Å²) >= 11 is 9.30. The number of hydrogen-bond donors (Lipinski definition) is 1. The number of benzene rings is 2. The summed E-state index contributed by atoms with van der Waals surface area (Å²) in [7, 11) is 0. The molecule has 0 aliphatic carbocycles. The number of hydrogen-bond acceptors (Lipinski definition) is 3. The number of rotatable bonds is 5. The second-order valence-electron chi connectivity index (χ2n) is 6.46. The number of piperidine rings is 1. The maximum Gasteiger partial charge on any atom is 0.243 e. The molecule has 0 unspecified atom stereocenters. The van der Waals surface area contributed by atoms with E-state index in [1.54, 1.807) is 18.3 Å². The number of halogens is 2. The van der Waals surface area contributed by atoms with Gasteiger partial charge in [0.2, 0.25) is 5.91 Å². The van der Waals surface area contributed by atoms with Gasteiger partial charge in [0.1, 0.15) is 0 Å². The van der Waals surface area contributed by atoms with Crippen LogP contribution in [0.25, 0.3) is 0 Å². The van der Waals surface area contributed by atoms with Crippen molar-refractivity contribution in [2.45, 2.75) is 19.4 Å². The van der Waals surface area contributed by atoms with Gasteiger partial charge in [-0.15, -0.1) is 0 Å². The van der Waals surface area contributed by atoms with Gasteiger partial charge in [-0.25, -0.2) is 5.43 Å². The van der Waals surface area contributed by atoms with Gasteiger partial charge in [-0.3, -0.25) is 9.69 Å². The first-order valence-corrected chi connectivity index (χ1v) is 9.82. The Hall–Kier alpha value is -1.69. The zero-order valence-electron chi connectivity index (χ0n) is 14.4. The normalized spacial score (nSPS) is 16.1. The minimum absolute atomic E-state index is 0.00138. The summed E-state index contributed by atoms with van der Waals surface area (Å²) in [6.45, 7) is 2.78. The van der Waals surface area contributed by atoms with Gasteiger partial charge in [-0.2, -0.15) is 5.10 Å². The lowest BCUT2D eigenvalue weighted by Crippen LogP contribution is -2.39. The molecule has 0 saturated carbocycles. The molecule has 0 aromatic heterocycles. The topological polar surface area (TPSA) is 44.7 Å². The van der Waals surface area contributed by atoms with Crippen LogP contribution in [0.4, 0.5) is 0 Å². The average Bonchev–Trinajstić information content (AvgIpc) is 2.66. The molecule has 1 fully saturated rings. The molecule has 2 aromatic rings. The standard InChI is InChI=1S/C20H21BrClN3O/c21-18-5-1-16(2-6-18)14-25-11-9-17(10-12-25)20(26)24-23-13-15-3-7-19(22)8-4-15/h1-8,13,17H,9-12,14H2,(H,24,26). The van der Waals surface area contributed by atoms with Crippen LogP contribution in [-0.4, -0.2) is 30.1 Å². The van der Waals surface area contributed by atoms with E-state index in [-0.39, 0.29) is 11.8 Å². The van der Waals surface area contributed by atoms with Crippen molar-refractivity contribution in [1.82, 2.24) is 10.3 Å². The first kappa shape index (κ1) is 19.1. The van der Waals surface area contributed by atoms with Crippen molar-refractivity contribution in [2.24, 2.45) is 11.0 Å². The molecule has 1 saturated heterocycles. The number of hydrazone groups is 1. The first-order chi connectivity index (χ1) is 12.6. The summed E-state index contributed by atoms with van der Waals surface area (Å²) in [4.78, 5) is 14.7. The maximum absolute atomic E-state index is 12.3. The van der Waals surface area contributed by atoms with E-state index in [0.29, 0.717) is 5.02 Å². The second-order valence-corrected chi connectivity index (χ2v) is 7.81. The molecule has 2 aromatic carbocycles. The van der Waals surface area contributed by atoms with E-state index in [2.05, 4.69) is 55.6 Å². The Kier molecular flexibility index (Phi) is 6.83. The van der Waals surface area contributed by atoms with Crippen LogP contribution in [0.2, 0.25) is 5.02 Å². The monoisotopic (exact) mass is 433 g/mol. The molecule has 0 bridgehead atoms. The largest absolute Gasteiger partial charge is 0.299 e. The van der Waals surface area contributed by atoms with Crippen molar-refractivity contribution in [3.8, 4) is 0 Å². The highest BCUT2D eigenvalue weighted by molar-refractivity contribution is 9.10. The second kappa shape index (κ2) is 9.31. The lowest BCUT2D eigenvalue weighted by Gasteiger charge is -2.30. The van der Waals surface area contributed by atoms with Crippen LogP contribution < -0.4 is 5.43 Å². The molecule has 136 valence electrons. The Bertz CT molecular complexity index is 754. The Balaban J connectivity index is 1.43. The predicted octanol–water partition coefficient (Wildman–Crippen LogP) is 4.46. The molecule has 1 heterocycles. The van der Waals surface area contributed by atoms with E-state index in [0.717, 1.165) is 42.5 Å². The van der Waals surface area contributed by atoms with E-state index < -0.39 is 0 Å². The number of nitrogens with zero attached hydrogens (tertiary/aromatic N) is 2. The van der Waals surface area contributed by atoms with Gasteiger partial charge in [0.15, 0.2) is 0 Å². The molecule has 1 N–H and O–H groups in total. The van der Waals surface area contributed by atoms with Crippen LogP contribution in [-0.2, 0) is 11.3 Å². The van der Waals surface area contributed by atoms with Crippen LogP contribution in [0.5, 0.6) is 0 Å². The lowest BCUT2D eigenvalue weighted by molar-refractivity contribution is -0.126. The van der Waals surface area contributed by atoms with Gasteiger partial charge in [-0.05, 0) is 61.3 Å². The summed E-state index contributed by atoms with van der Waals surface area (Å²) in [5.74, 6) is 0.0250. The minimum atomic E-state index is -0.00138. The third-order valence-electron chi connectivity index (χ3n) is 4.54. The number of nitrogens with one attached hydrogen (secondary N) is 1. The van der Waals surface area contributed by atoms with Crippen LogP contribution in [0, 0.1) is 5.92 Å². The molecule has 4 nitrogen and oxygen atoms in total. The number of likely N-dealkylation sites (tertiary alicyclic amines) is 1. The molecule has 26 heavy (non-hydrogen) atoms. The lowest BCUT2D eigenvalue weighted by atomic mass is 9.96. The summed E-state index contributed by atoms with van der Waals surface area (Å²) in [6.07, 6.45) is 3.36. The van der Waals surface area contributed by atoms with Gasteiger partial charge < -0.3 is 0 Å². The van der Waals surface area contributed by atoms with Crippen LogP contribution >= 0.6 is 27.5 Å². The number of carbonyl (C=O) groups excluding carboxylic acids is 1. The molecule has 1 aliphatic rings. The molecule has 3 rings (SSSR count). The summed E-state index contributed by atoms with van der Waals surface area (Å²) in [5.41, 5.74) is 4.86. The van der Waals surface area contributed by atoms with Crippen molar-refractivity contribution in [3.63, 3.8) is 0 Å². The maximum atomic E-state index is 12.3. The Morgan fingerprint density at radius 1 is 1.15 bits per heavy atom. The number of carbonyl (C=O) groups is 1. The third-order valence-corrected chi connectivity index (χ3v) is 5.32. The molecular formula is C20H21BrClN3O. The fraction of sp³-hybridized carbons (Fsp3) is 0.300. The van der Waals surface area contributed by atoms with Crippen molar-refractivity contribution in [3.05, 3.63) is 69.2 Å². The fourth-order valence-electron chi connectivity index (χ4n) is 3.01. The van der Waals surface area contributed by atoms with Crippen LogP contribution in [0.15, 0.2) is 58.1 Å². The minimum Gasteiger partial charge on any atom is -0.299 e. The highest BCUT2D eigenvalue weighted by Gasteiger charge is 2.24. The van der Waals surface area contributed by atoms with E-state index in [9.17, 15) is 4.79 Å². The van der Waals surface area contributed by atoms with Gasteiger partial charge in [0, 0.05) is 22.0 Å². The molecule has 6 heteroatoms. The molecular weight excluding hydrogens is 414 g/mol. The molecule has 1 aliphatic heterocycles. The smallest absolute Gasteiger partial charge is 0.243 e. The van der Waals surface area contributed by atoms with Gasteiger partial charge in [0.05, 0.1) is 6.21 Å². The summed E-state index contributed by atoms with van der Waals surface area (Å²) in [5, 5.41) is 4.74. The third kappa shape index (κ3) is 5.66. The number of amides is 1. The van der Waals surface area contributed by atoms with Crippen molar-refractivity contribution < 1.29 is 4.79 Å². The Morgan fingerprint density at radius 3 is 2.46 bits per heavy atom. The molecule has 1 amide bonds. The zero-order valence-corrected chi connectivity index (χ0v) is 16.7. The molecule has 0 spiro atoms. The van der Waals surface area contributed by atoms with Crippen molar-refractivity contribution >= 4 is 39.7 Å². The summed E-state index contributed by atoms with van der Waals surface area (Å²) < 4.78 is 1.09. The SMILES string of the molecule is O=C(NN=Cc1ccc(Cl)cc1)C1CCN(Cc2ccc(Br)cc2)CC1. The first-order valence-electron chi connectivity index (χ1n) is 8.65. The zero-order chi connectivity index (χ0) is 18.4. The van der Waals surface area contributed by atoms with E-state index in [1.807, 2.05) is 12.1 Å². The highest BCUT2D eigenvalue weighted by atomic mass is 79.9. The average molecular weight is 435 g/mol. The quantitative estimate of drug-likeness (QED) is 0.557. The van der Waals surface area contributed by atoms with Gasteiger partial charge in [0.25, 0.3) is 0 Å². The summed E-state index contributed by atoms with van der Waals surface area (Å²) in [6, 6.07) is 15.7. The van der Waals surface area contributed by atoms with Gasteiger partial charge in [-0.1, -0.05) is 51.8 Å². The van der Waals surface area contributed by atoms with E-state index in [4.69, 9.17) is 11.6 Å². The van der Waals surface area contributed by atoms with Gasteiger partial charge >= 0.3 is 0 Å². The van der Waals surface area contributed by atoms with Crippen molar-refractivity contribution in [1.29, 1.82) is 0 Å². The van der Waals surface area contributed by atoms with E-state index >= 15 is 0 Å². The van der Waals surface area contributed by atoms with Crippen LogP contribution in [0.1, 0.15) is 24.0 Å².